The first-order chi connectivity index (χ1) is 9.49. The maximum absolute atomic E-state index is 12.4. The van der Waals surface area contributed by atoms with Crippen molar-refractivity contribution in [3.63, 3.8) is 0 Å². The normalized spacial score (nSPS) is 17.8. The van der Waals surface area contributed by atoms with Crippen molar-refractivity contribution in [2.24, 2.45) is 0 Å². The topological polar surface area (TPSA) is 104 Å². The van der Waals surface area contributed by atoms with Gasteiger partial charge in [0, 0.05) is 13.2 Å². The molecule has 0 atom stereocenters. The highest BCUT2D eigenvalue weighted by Gasteiger charge is 2.34. The number of nitrogens with zero attached hydrogens (tertiary/aromatic N) is 1. The molecule has 0 unspecified atom stereocenters. The standard InChI is InChI=1S/C13H19N3O4/c1-8-9(2)15-16-12(19)10(8)11(18)14-13(7-17)3-5-20-6-4-13/h17H,3-7H2,1-2H3,(H,14,18)(H,16,19). The summed E-state index contributed by atoms with van der Waals surface area (Å²) in [5, 5.41) is 18.5. The van der Waals surface area contributed by atoms with Gasteiger partial charge in [-0.25, -0.2) is 5.10 Å². The second-order valence-electron chi connectivity index (χ2n) is 5.14. The predicted molar refractivity (Wildman–Crippen MR) is 71.7 cm³/mol. The fraction of sp³-hybridized carbons (Fsp3) is 0.615. The van der Waals surface area contributed by atoms with Crippen LogP contribution in [0.5, 0.6) is 0 Å². The van der Waals surface area contributed by atoms with Gasteiger partial charge in [-0.15, -0.1) is 0 Å². The van der Waals surface area contributed by atoms with Crippen molar-refractivity contribution in [2.45, 2.75) is 32.2 Å². The fourth-order valence-corrected chi connectivity index (χ4v) is 2.29. The van der Waals surface area contributed by atoms with Crippen LogP contribution in [0.2, 0.25) is 0 Å². The van der Waals surface area contributed by atoms with E-state index in [0.717, 1.165) is 0 Å². The average molecular weight is 281 g/mol. The molecule has 2 rings (SSSR count). The quantitative estimate of drug-likeness (QED) is 0.703. The van der Waals surface area contributed by atoms with E-state index in [2.05, 4.69) is 15.5 Å². The maximum atomic E-state index is 12.4. The Balaban J connectivity index is 2.28. The lowest BCUT2D eigenvalue weighted by Gasteiger charge is -2.36. The Hall–Kier alpha value is -1.73. The van der Waals surface area contributed by atoms with Gasteiger partial charge >= 0.3 is 0 Å². The summed E-state index contributed by atoms with van der Waals surface area (Å²) < 4.78 is 5.24. The van der Waals surface area contributed by atoms with Gasteiger partial charge in [-0.05, 0) is 32.3 Å². The van der Waals surface area contributed by atoms with E-state index in [1.165, 1.54) is 0 Å². The summed E-state index contributed by atoms with van der Waals surface area (Å²) in [6.07, 6.45) is 1.05. The van der Waals surface area contributed by atoms with Gasteiger partial charge in [0.15, 0.2) is 0 Å². The number of carbonyl (C=O) groups excluding carboxylic acids is 1. The van der Waals surface area contributed by atoms with Gasteiger partial charge < -0.3 is 15.2 Å². The molecule has 1 aliphatic rings. The number of aromatic nitrogens is 2. The minimum atomic E-state index is -0.717. The Morgan fingerprint density at radius 2 is 2.10 bits per heavy atom. The Kier molecular flexibility index (Phi) is 4.20. The summed E-state index contributed by atoms with van der Waals surface area (Å²) in [6.45, 7) is 4.18. The molecule has 1 amide bonds. The first-order valence-electron chi connectivity index (χ1n) is 6.56. The van der Waals surface area contributed by atoms with Gasteiger partial charge in [-0.1, -0.05) is 0 Å². The van der Waals surface area contributed by atoms with Crippen LogP contribution in [0.15, 0.2) is 4.79 Å². The van der Waals surface area contributed by atoms with Crippen molar-refractivity contribution in [2.75, 3.05) is 19.8 Å². The molecule has 1 aromatic rings. The molecule has 1 fully saturated rings. The third-order valence-electron chi connectivity index (χ3n) is 3.83. The molecule has 0 saturated carbocycles. The van der Waals surface area contributed by atoms with Crippen LogP contribution in [0.1, 0.15) is 34.5 Å². The van der Waals surface area contributed by atoms with Gasteiger partial charge in [0.25, 0.3) is 11.5 Å². The summed E-state index contributed by atoms with van der Waals surface area (Å²) in [5.74, 6) is -0.481. The molecule has 3 N–H and O–H groups in total. The van der Waals surface area contributed by atoms with Crippen LogP contribution in [0.25, 0.3) is 0 Å². The van der Waals surface area contributed by atoms with Gasteiger partial charge in [-0.3, -0.25) is 9.59 Å². The molecule has 20 heavy (non-hydrogen) atoms. The zero-order valence-electron chi connectivity index (χ0n) is 11.7. The third kappa shape index (κ3) is 2.73. The number of carbonyl (C=O) groups is 1. The molecule has 1 saturated heterocycles. The molecule has 0 spiro atoms. The monoisotopic (exact) mass is 281 g/mol. The summed E-state index contributed by atoms with van der Waals surface area (Å²) in [5.41, 5.74) is -0.0421. The van der Waals surface area contributed by atoms with E-state index in [9.17, 15) is 14.7 Å². The molecular weight excluding hydrogens is 262 g/mol. The van der Waals surface area contributed by atoms with E-state index in [-0.39, 0.29) is 12.2 Å². The smallest absolute Gasteiger partial charge is 0.277 e. The van der Waals surface area contributed by atoms with Crippen molar-refractivity contribution in [1.82, 2.24) is 15.5 Å². The number of aromatic amines is 1. The minimum Gasteiger partial charge on any atom is -0.394 e. The predicted octanol–water partition coefficient (Wildman–Crippen LogP) is -0.342. The van der Waals surface area contributed by atoms with Crippen LogP contribution < -0.4 is 10.9 Å². The van der Waals surface area contributed by atoms with Crippen LogP contribution in [0, 0.1) is 13.8 Å². The number of rotatable bonds is 3. The van der Waals surface area contributed by atoms with Crippen molar-refractivity contribution in [3.8, 4) is 0 Å². The molecule has 7 heteroatoms. The second kappa shape index (κ2) is 5.72. The molecular formula is C13H19N3O4. The van der Waals surface area contributed by atoms with E-state index < -0.39 is 17.0 Å². The lowest BCUT2D eigenvalue weighted by atomic mass is 9.90. The number of aliphatic hydroxyl groups excluding tert-OH is 1. The van der Waals surface area contributed by atoms with Crippen LogP contribution in [0.4, 0.5) is 0 Å². The van der Waals surface area contributed by atoms with Crippen molar-refractivity contribution < 1.29 is 14.6 Å². The maximum Gasteiger partial charge on any atom is 0.277 e. The van der Waals surface area contributed by atoms with Crippen LogP contribution in [-0.2, 0) is 4.74 Å². The van der Waals surface area contributed by atoms with E-state index >= 15 is 0 Å². The van der Waals surface area contributed by atoms with E-state index in [4.69, 9.17) is 4.74 Å². The molecule has 110 valence electrons. The molecule has 1 aliphatic heterocycles. The number of aliphatic hydroxyl groups is 1. The first-order valence-corrected chi connectivity index (χ1v) is 6.56. The Labute approximate surface area is 116 Å². The molecule has 2 heterocycles. The second-order valence-corrected chi connectivity index (χ2v) is 5.14. The van der Waals surface area contributed by atoms with Crippen LogP contribution in [0.3, 0.4) is 0 Å². The number of amides is 1. The lowest BCUT2D eigenvalue weighted by molar-refractivity contribution is 0.0125. The number of ether oxygens (including phenoxy) is 1. The molecule has 7 nitrogen and oxygen atoms in total. The summed E-state index contributed by atoms with van der Waals surface area (Å²) in [7, 11) is 0. The van der Waals surface area contributed by atoms with Gasteiger partial charge in [-0.2, -0.15) is 5.10 Å². The zero-order valence-corrected chi connectivity index (χ0v) is 11.7. The molecule has 0 bridgehead atoms. The summed E-state index contributed by atoms with van der Waals surface area (Å²) in [4.78, 5) is 24.2. The number of nitrogens with one attached hydrogen (secondary N) is 2. The van der Waals surface area contributed by atoms with E-state index in [1.54, 1.807) is 13.8 Å². The number of hydrogen-bond donors (Lipinski definition) is 3. The third-order valence-corrected chi connectivity index (χ3v) is 3.83. The fourth-order valence-electron chi connectivity index (χ4n) is 2.29. The number of hydrogen-bond acceptors (Lipinski definition) is 5. The number of aryl methyl sites for hydroxylation is 1. The SMILES string of the molecule is Cc1n[nH]c(=O)c(C(=O)NC2(CO)CCOCC2)c1C. The highest BCUT2D eigenvalue weighted by molar-refractivity contribution is 5.95. The van der Waals surface area contributed by atoms with Gasteiger partial charge in [0.05, 0.1) is 17.8 Å². The first kappa shape index (κ1) is 14.7. The van der Waals surface area contributed by atoms with Crippen LogP contribution in [-0.4, -0.2) is 46.6 Å². The van der Waals surface area contributed by atoms with E-state index in [1.807, 2.05) is 0 Å². The average Bonchev–Trinajstić information content (AvgIpc) is 2.44. The summed E-state index contributed by atoms with van der Waals surface area (Å²) in [6, 6.07) is 0. The zero-order chi connectivity index (χ0) is 14.8. The Morgan fingerprint density at radius 1 is 1.45 bits per heavy atom. The van der Waals surface area contributed by atoms with Crippen molar-refractivity contribution in [1.29, 1.82) is 0 Å². The van der Waals surface area contributed by atoms with Gasteiger partial charge in [0.1, 0.15) is 5.56 Å². The van der Waals surface area contributed by atoms with Gasteiger partial charge in [0.2, 0.25) is 0 Å². The largest absolute Gasteiger partial charge is 0.394 e. The van der Waals surface area contributed by atoms with E-state index in [0.29, 0.717) is 37.3 Å². The highest BCUT2D eigenvalue weighted by Crippen LogP contribution is 2.20. The molecule has 0 aromatic carbocycles. The summed E-state index contributed by atoms with van der Waals surface area (Å²) >= 11 is 0. The van der Waals surface area contributed by atoms with Crippen LogP contribution >= 0.6 is 0 Å². The Morgan fingerprint density at radius 3 is 2.70 bits per heavy atom. The van der Waals surface area contributed by atoms with Crippen molar-refractivity contribution in [3.05, 3.63) is 27.2 Å². The molecule has 1 aromatic heterocycles. The molecule has 0 aliphatic carbocycles. The Bertz CT molecular complexity index is 561. The minimum absolute atomic E-state index is 0.0526. The van der Waals surface area contributed by atoms with Crippen molar-refractivity contribution >= 4 is 5.91 Å². The molecule has 0 radical (unpaired) electrons. The lowest BCUT2D eigenvalue weighted by Crippen LogP contribution is -2.55. The highest BCUT2D eigenvalue weighted by atomic mass is 16.5. The number of H-pyrrole nitrogens is 1.